The predicted molar refractivity (Wildman–Crippen MR) is 288 cm³/mol. The van der Waals surface area contributed by atoms with Gasteiger partial charge in [-0.05, 0) is 109 Å². The van der Waals surface area contributed by atoms with Crippen LogP contribution in [0.5, 0.6) is 0 Å². The Labute approximate surface area is 413 Å². The molecule has 0 amide bonds. The molecule has 0 unspecified atom stereocenters. The Bertz CT molecular complexity index is 1350. The molecule has 0 saturated heterocycles. The van der Waals surface area contributed by atoms with E-state index < -0.39 is 6.10 Å². The molecule has 0 aromatic carbocycles. The molecule has 6 nitrogen and oxygen atoms in total. The second-order valence-corrected chi connectivity index (χ2v) is 18.1. The maximum Gasteiger partial charge on any atom is 0.306 e. The van der Waals surface area contributed by atoms with Gasteiger partial charge in [0.15, 0.2) is 6.10 Å². The van der Waals surface area contributed by atoms with Crippen LogP contribution >= 0.6 is 0 Å². The fraction of sp³-hybridized carbons (Fsp3) is 0.689. The Kier molecular flexibility index (Phi) is 51.9. The lowest BCUT2D eigenvalue weighted by atomic mass is 10.1. The van der Waals surface area contributed by atoms with E-state index in [1.165, 1.54) is 103 Å². The van der Waals surface area contributed by atoms with Crippen molar-refractivity contribution in [3.05, 3.63) is 97.2 Å². The summed E-state index contributed by atoms with van der Waals surface area (Å²) in [4.78, 5) is 38.1. The van der Waals surface area contributed by atoms with Gasteiger partial charge in [-0.2, -0.15) is 0 Å². The molecule has 0 radical (unpaired) electrons. The van der Waals surface area contributed by atoms with Crippen molar-refractivity contribution < 1.29 is 28.6 Å². The third-order valence-electron chi connectivity index (χ3n) is 11.6. The minimum atomic E-state index is -0.816. The van der Waals surface area contributed by atoms with Crippen molar-refractivity contribution in [3.63, 3.8) is 0 Å². The molecule has 0 bridgehead atoms. The van der Waals surface area contributed by atoms with E-state index in [1.54, 1.807) is 0 Å². The van der Waals surface area contributed by atoms with E-state index in [2.05, 4.69) is 112 Å². The van der Waals surface area contributed by atoms with Crippen LogP contribution in [0.1, 0.15) is 252 Å². The molecule has 0 aliphatic carbocycles. The van der Waals surface area contributed by atoms with Crippen molar-refractivity contribution in [1.29, 1.82) is 0 Å². The third kappa shape index (κ3) is 53.2. The molecule has 0 spiro atoms. The summed E-state index contributed by atoms with van der Waals surface area (Å²) in [5.74, 6) is -1.01. The fourth-order valence-electron chi connectivity index (χ4n) is 7.40. The maximum absolute atomic E-state index is 12.8. The van der Waals surface area contributed by atoms with Gasteiger partial charge in [0.2, 0.25) is 0 Å². The first-order valence-electron chi connectivity index (χ1n) is 27.7. The quantitative estimate of drug-likeness (QED) is 0.0262. The van der Waals surface area contributed by atoms with Crippen LogP contribution < -0.4 is 0 Å². The molecule has 0 fully saturated rings. The topological polar surface area (TPSA) is 78.9 Å². The number of carbonyl (C=O) groups is 3. The highest BCUT2D eigenvalue weighted by Gasteiger charge is 2.19. The summed E-state index contributed by atoms with van der Waals surface area (Å²) in [5.41, 5.74) is 0. The van der Waals surface area contributed by atoms with Crippen LogP contribution in [0.15, 0.2) is 97.2 Å². The van der Waals surface area contributed by atoms with E-state index in [0.29, 0.717) is 19.3 Å². The summed E-state index contributed by atoms with van der Waals surface area (Å²) in [7, 11) is 0. The lowest BCUT2D eigenvalue weighted by Crippen LogP contribution is -2.30. The fourth-order valence-corrected chi connectivity index (χ4v) is 7.40. The smallest absolute Gasteiger partial charge is 0.306 e. The summed E-state index contributed by atoms with van der Waals surface area (Å²) in [6.45, 7) is 6.44. The zero-order valence-corrected chi connectivity index (χ0v) is 43.6. The summed E-state index contributed by atoms with van der Waals surface area (Å²) in [5, 5.41) is 0. The monoisotopic (exact) mass is 931 g/mol. The van der Waals surface area contributed by atoms with E-state index >= 15 is 0 Å². The number of unbranched alkanes of at least 4 members (excludes halogenated alkanes) is 22. The first kappa shape index (κ1) is 63.3. The number of carbonyl (C=O) groups excluding carboxylic acids is 3. The van der Waals surface area contributed by atoms with Crippen molar-refractivity contribution in [2.45, 2.75) is 258 Å². The maximum atomic E-state index is 12.8. The predicted octanol–water partition coefficient (Wildman–Crippen LogP) is 18.5. The highest BCUT2D eigenvalue weighted by Crippen LogP contribution is 2.13. The average molecular weight is 931 g/mol. The molecule has 1 atom stereocenters. The Morgan fingerprint density at radius 2 is 0.612 bits per heavy atom. The summed E-state index contributed by atoms with van der Waals surface area (Å²) >= 11 is 0. The number of ether oxygens (including phenoxy) is 3. The van der Waals surface area contributed by atoms with Crippen LogP contribution in [0.25, 0.3) is 0 Å². The zero-order valence-electron chi connectivity index (χ0n) is 43.6. The van der Waals surface area contributed by atoms with E-state index in [4.69, 9.17) is 14.2 Å². The summed E-state index contributed by atoms with van der Waals surface area (Å²) < 4.78 is 16.8. The van der Waals surface area contributed by atoms with Gasteiger partial charge in [-0.3, -0.25) is 14.4 Å². The molecule has 0 N–H and O–H groups in total. The molecule has 0 aliphatic rings. The highest BCUT2D eigenvalue weighted by atomic mass is 16.6. The number of allylic oxidation sites excluding steroid dienone is 16. The molecule has 0 aromatic rings. The van der Waals surface area contributed by atoms with Crippen LogP contribution in [0.3, 0.4) is 0 Å². The van der Waals surface area contributed by atoms with Gasteiger partial charge in [0.1, 0.15) is 13.2 Å². The second-order valence-electron chi connectivity index (χ2n) is 18.1. The van der Waals surface area contributed by atoms with Crippen molar-refractivity contribution in [1.82, 2.24) is 0 Å². The highest BCUT2D eigenvalue weighted by molar-refractivity contribution is 5.71. The van der Waals surface area contributed by atoms with E-state index in [0.717, 1.165) is 103 Å². The standard InChI is InChI=1S/C61H102O6/c1-4-7-10-13-16-19-22-25-28-29-30-31-34-36-39-42-45-48-51-54-60(63)66-57-58(67-61(64)55-52-49-46-43-40-37-33-27-24-21-18-15-12-9-6-3)56-65-59(62)53-50-47-44-41-38-35-32-26-23-20-17-14-11-8-5-2/h7,10,16,19,25-28,30-33,36,39,45,48,58H,4-6,8-9,11-15,17-18,20-24,29,34-35,37-38,40-44,46-47,49-57H2,1-3H3/t58-/m1/s1. The number of esters is 3. The molecule has 382 valence electrons. The Balaban J connectivity index is 4.52. The van der Waals surface area contributed by atoms with Crippen LogP contribution in [0.4, 0.5) is 0 Å². The van der Waals surface area contributed by atoms with Crippen LogP contribution in [-0.4, -0.2) is 37.2 Å². The van der Waals surface area contributed by atoms with Gasteiger partial charge in [-0.15, -0.1) is 0 Å². The first-order valence-corrected chi connectivity index (χ1v) is 27.7. The van der Waals surface area contributed by atoms with E-state index in [-0.39, 0.29) is 37.5 Å². The average Bonchev–Trinajstić information content (AvgIpc) is 3.33. The van der Waals surface area contributed by atoms with Gasteiger partial charge in [0.25, 0.3) is 0 Å². The van der Waals surface area contributed by atoms with Crippen LogP contribution in [0.2, 0.25) is 0 Å². The Hall–Kier alpha value is -3.67. The largest absolute Gasteiger partial charge is 0.462 e. The lowest BCUT2D eigenvalue weighted by molar-refractivity contribution is -0.166. The minimum Gasteiger partial charge on any atom is -0.462 e. The number of rotatable bonds is 49. The van der Waals surface area contributed by atoms with Gasteiger partial charge >= 0.3 is 17.9 Å². The van der Waals surface area contributed by atoms with Crippen molar-refractivity contribution in [2.75, 3.05) is 13.2 Å². The Morgan fingerprint density at radius 3 is 1.00 bits per heavy atom. The third-order valence-corrected chi connectivity index (χ3v) is 11.6. The van der Waals surface area contributed by atoms with Crippen LogP contribution in [-0.2, 0) is 28.6 Å². The minimum absolute atomic E-state index is 0.109. The van der Waals surface area contributed by atoms with E-state index in [9.17, 15) is 14.4 Å². The normalized spacial score (nSPS) is 12.8. The summed E-state index contributed by atoms with van der Waals surface area (Å²) in [6.07, 6.45) is 72.6. The van der Waals surface area contributed by atoms with Gasteiger partial charge in [0.05, 0.1) is 0 Å². The number of hydrogen-bond donors (Lipinski definition) is 0. The number of hydrogen-bond acceptors (Lipinski definition) is 6. The molecule has 0 saturated carbocycles. The molecule has 0 heterocycles. The molecule has 0 rings (SSSR count). The van der Waals surface area contributed by atoms with Crippen LogP contribution in [0, 0.1) is 0 Å². The zero-order chi connectivity index (χ0) is 48.6. The molecule has 6 heteroatoms. The molecular formula is C61H102O6. The molecule has 0 aliphatic heterocycles. The Morgan fingerprint density at radius 1 is 0.313 bits per heavy atom. The first-order chi connectivity index (χ1) is 33.0. The molecule has 0 aromatic heterocycles. The second kappa shape index (κ2) is 54.9. The van der Waals surface area contributed by atoms with E-state index in [1.807, 2.05) is 6.08 Å². The van der Waals surface area contributed by atoms with Crippen molar-refractivity contribution >= 4 is 17.9 Å². The summed E-state index contributed by atoms with van der Waals surface area (Å²) in [6, 6.07) is 0. The SMILES string of the molecule is CCC=CCC=CCC=CCC=CCC=CCC=CCCC(=O)OC[C@@H](COC(=O)CCCCCCCC=CCCCCCCCC)OC(=O)CCCCCCCC=CCCCCCCCC. The van der Waals surface area contributed by atoms with Gasteiger partial charge in [-0.1, -0.05) is 221 Å². The van der Waals surface area contributed by atoms with Crippen molar-refractivity contribution in [3.8, 4) is 0 Å². The van der Waals surface area contributed by atoms with Gasteiger partial charge in [0, 0.05) is 19.3 Å². The van der Waals surface area contributed by atoms with Crippen molar-refractivity contribution in [2.24, 2.45) is 0 Å². The van der Waals surface area contributed by atoms with Gasteiger partial charge < -0.3 is 14.2 Å². The molecular weight excluding hydrogens is 829 g/mol. The lowest BCUT2D eigenvalue weighted by Gasteiger charge is -2.18. The molecule has 67 heavy (non-hydrogen) atoms. The van der Waals surface area contributed by atoms with Gasteiger partial charge in [-0.25, -0.2) is 0 Å².